The van der Waals surface area contributed by atoms with E-state index in [1.165, 1.54) is 64.2 Å². The van der Waals surface area contributed by atoms with Crippen LogP contribution in [0.25, 0.3) is 0 Å². The van der Waals surface area contributed by atoms with Crippen LogP contribution in [0.3, 0.4) is 0 Å². The SMILES string of the molecule is CCCCCCCCCCCCCCCCCCN(C(=O)CC(C(=O)[O-])S(=O)(=O)O)C(CC(=O)O)C(=O)O.NC(=O)CC(C(=O)[O-])S(=O)(=O)O.[Na+].[Na+].[Na+].[Na+]. The average Bonchev–Trinajstić information content (AvgIpc) is 2.98. The summed E-state index contributed by atoms with van der Waals surface area (Å²) >= 11 is 0. The molecule has 0 fully saturated rings. The number of primary amides is 1. The molecule has 3 unspecified atom stereocenters. The van der Waals surface area contributed by atoms with Crippen LogP contribution >= 0.6 is 0 Å². The number of nitrogens with zero attached hydrogens (tertiary/aromatic N) is 1. The van der Waals surface area contributed by atoms with Crippen LogP contribution in [-0.2, 0) is 49.0 Å². The molecule has 24 heteroatoms. The van der Waals surface area contributed by atoms with Crippen LogP contribution < -0.4 is 134 Å². The molecular weight excluding hydrogens is 800 g/mol. The Morgan fingerprint density at radius 2 is 0.889 bits per heavy atom. The zero-order chi connectivity index (χ0) is 38.9. The van der Waals surface area contributed by atoms with Gasteiger partial charge in [0.25, 0.3) is 20.2 Å². The van der Waals surface area contributed by atoms with E-state index in [9.17, 15) is 60.9 Å². The first-order valence-electron chi connectivity index (χ1n) is 16.5. The molecule has 292 valence electrons. The zero-order valence-corrected chi connectivity index (χ0v) is 42.0. The molecule has 0 saturated heterocycles. The minimum atomic E-state index is -5.19. The summed E-state index contributed by atoms with van der Waals surface area (Å²) in [5, 5.41) is 34.7. The molecule has 18 nitrogen and oxygen atoms in total. The summed E-state index contributed by atoms with van der Waals surface area (Å²) in [6.45, 7) is 2.03. The van der Waals surface area contributed by atoms with Crippen LogP contribution in [0, 0.1) is 0 Å². The van der Waals surface area contributed by atoms with E-state index in [-0.39, 0.29) is 125 Å². The molecular formula is C30H52N2Na4O16S2+2. The Morgan fingerprint density at radius 1 is 0.574 bits per heavy atom. The van der Waals surface area contributed by atoms with Crippen molar-refractivity contribution >= 4 is 55.9 Å². The van der Waals surface area contributed by atoms with Crippen molar-refractivity contribution < 1.29 is 193 Å². The smallest absolute Gasteiger partial charge is 0.549 e. The van der Waals surface area contributed by atoms with E-state index in [2.05, 4.69) is 12.7 Å². The van der Waals surface area contributed by atoms with Gasteiger partial charge in [0, 0.05) is 6.54 Å². The van der Waals surface area contributed by atoms with Crippen molar-refractivity contribution in [3.63, 3.8) is 0 Å². The number of nitrogens with two attached hydrogens (primary N) is 1. The molecule has 0 radical (unpaired) electrons. The average molecular weight is 853 g/mol. The Labute approximate surface area is 406 Å². The third kappa shape index (κ3) is 35.8. The van der Waals surface area contributed by atoms with E-state index in [0.29, 0.717) is 17.7 Å². The number of hydrogen-bond donors (Lipinski definition) is 5. The van der Waals surface area contributed by atoms with Crippen molar-refractivity contribution in [1.29, 1.82) is 0 Å². The Morgan fingerprint density at radius 3 is 1.13 bits per heavy atom. The van der Waals surface area contributed by atoms with Gasteiger partial charge < -0.3 is 40.6 Å². The second-order valence-electron chi connectivity index (χ2n) is 11.9. The van der Waals surface area contributed by atoms with Gasteiger partial charge in [-0.05, 0) is 6.42 Å². The first-order chi connectivity index (χ1) is 23.2. The van der Waals surface area contributed by atoms with Gasteiger partial charge in [0.05, 0.1) is 31.2 Å². The minimum Gasteiger partial charge on any atom is -0.549 e. The quantitative estimate of drug-likeness (QED) is 0.0265. The Kier molecular flexibility index (Phi) is 46.6. The van der Waals surface area contributed by atoms with Gasteiger partial charge in [-0.25, -0.2) is 4.79 Å². The van der Waals surface area contributed by atoms with Gasteiger partial charge in [-0.1, -0.05) is 103 Å². The second kappa shape index (κ2) is 37.9. The van der Waals surface area contributed by atoms with Crippen LogP contribution in [-0.4, -0.2) is 99.8 Å². The van der Waals surface area contributed by atoms with Gasteiger partial charge in [-0.15, -0.1) is 0 Å². The maximum Gasteiger partial charge on any atom is 1.00 e. The van der Waals surface area contributed by atoms with E-state index in [4.69, 9.17) is 14.2 Å². The number of carbonyl (C=O) groups excluding carboxylic acids is 4. The fourth-order valence-electron chi connectivity index (χ4n) is 4.86. The predicted molar refractivity (Wildman–Crippen MR) is 174 cm³/mol. The van der Waals surface area contributed by atoms with Crippen molar-refractivity contribution in [2.45, 2.75) is 145 Å². The third-order valence-corrected chi connectivity index (χ3v) is 9.75. The topological polar surface area (TPSA) is 327 Å². The minimum absolute atomic E-state index is 0. The molecule has 0 aliphatic rings. The third-order valence-electron chi connectivity index (χ3n) is 7.59. The van der Waals surface area contributed by atoms with Crippen molar-refractivity contribution in [2.24, 2.45) is 5.73 Å². The molecule has 2 amide bonds. The molecule has 0 aromatic carbocycles. The summed E-state index contributed by atoms with van der Waals surface area (Å²) in [4.78, 5) is 67.2. The molecule has 0 bridgehead atoms. The summed E-state index contributed by atoms with van der Waals surface area (Å²) < 4.78 is 60.3. The molecule has 0 rings (SSSR count). The maximum atomic E-state index is 12.6. The number of rotatable bonds is 29. The Balaban J connectivity index is -0.000000309. The fourth-order valence-corrected chi connectivity index (χ4v) is 6.07. The first kappa shape index (κ1) is 66.5. The molecule has 0 heterocycles. The molecule has 0 aromatic heterocycles. The van der Waals surface area contributed by atoms with Crippen LogP contribution in [0.15, 0.2) is 0 Å². The summed E-state index contributed by atoms with van der Waals surface area (Å²) in [5.41, 5.74) is 4.52. The van der Waals surface area contributed by atoms with Gasteiger partial charge in [-0.3, -0.25) is 23.5 Å². The van der Waals surface area contributed by atoms with Gasteiger partial charge in [0.2, 0.25) is 11.8 Å². The molecule has 3 atom stereocenters. The maximum absolute atomic E-state index is 12.6. The van der Waals surface area contributed by atoms with Gasteiger partial charge in [-0.2, -0.15) is 16.8 Å². The van der Waals surface area contributed by atoms with E-state index >= 15 is 0 Å². The largest absolute Gasteiger partial charge is 1.00 e. The van der Waals surface area contributed by atoms with Gasteiger partial charge >= 0.3 is 130 Å². The summed E-state index contributed by atoms with van der Waals surface area (Å²) in [5.74, 6) is -9.74. The molecule has 0 aliphatic carbocycles. The second-order valence-corrected chi connectivity index (χ2v) is 15.1. The van der Waals surface area contributed by atoms with Gasteiger partial charge in [0.1, 0.15) is 16.5 Å². The summed E-state index contributed by atoms with van der Waals surface area (Å²) in [7, 11) is -10.0. The first-order valence-corrected chi connectivity index (χ1v) is 19.5. The number of carbonyl (C=O) groups is 6. The number of aliphatic carboxylic acids is 4. The number of carboxylic acid groups (broad SMARTS) is 4. The molecule has 0 aromatic rings. The van der Waals surface area contributed by atoms with E-state index in [0.717, 1.165) is 25.7 Å². The van der Waals surface area contributed by atoms with E-state index < -0.39 is 91.7 Å². The molecule has 0 spiro atoms. The fraction of sp³-hybridized carbons (Fsp3) is 0.800. The van der Waals surface area contributed by atoms with Crippen molar-refractivity contribution in [3.8, 4) is 0 Å². The van der Waals surface area contributed by atoms with Crippen molar-refractivity contribution in [2.75, 3.05) is 6.54 Å². The Hall–Kier alpha value is 0.640. The summed E-state index contributed by atoms with van der Waals surface area (Å²) in [6, 6.07) is -1.81. The molecule has 6 N–H and O–H groups in total. The Bertz CT molecular complexity index is 1310. The number of carboxylic acids is 4. The monoisotopic (exact) mass is 852 g/mol. The standard InChI is InChI=1S/C26H47NO10S.C4H7NO6S.4Na/c1-2-3-4-5-6-7-8-9-10-11-12-13-14-15-16-17-18-27(21(25(31)32)19-24(29)30)23(28)20-22(26(33)34)38(35,36)37;5-3(6)1-2(4(7)8)12(9,10)11;;;;/h21-22H,2-20H2,1H3,(H,29,30)(H,31,32)(H,33,34)(H,35,36,37);2H,1H2,(H2,5,6)(H,7,8)(H,9,10,11);;;;/q;;4*+1/p-2. The number of amides is 2. The van der Waals surface area contributed by atoms with Crippen LogP contribution in [0.5, 0.6) is 0 Å². The van der Waals surface area contributed by atoms with E-state index in [1.54, 1.807) is 0 Å². The van der Waals surface area contributed by atoms with Crippen LogP contribution in [0.4, 0.5) is 0 Å². The van der Waals surface area contributed by atoms with E-state index in [1.807, 2.05) is 0 Å². The van der Waals surface area contributed by atoms with Crippen LogP contribution in [0.1, 0.15) is 129 Å². The van der Waals surface area contributed by atoms with Crippen LogP contribution in [0.2, 0.25) is 0 Å². The molecule has 0 aliphatic heterocycles. The van der Waals surface area contributed by atoms with Crippen molar-refractivity contribution in [3.05, 3.63) is 0 Å². The molecule has 54 heavy (non-hydrogen) atoms. The number of hydrogen-bond acceptors (Lipinski definition) is 12. The van der Waals surface area contributed by atoms with Crippen molar-refractivity contribution in [1.82, 2.24) is 4.90 Å². The molecule has 0 saturated carbocycles. The normalized spacial score (nSPS) is 12.3. The van der Waals surface area contributed by atoms with Gasteiger partial charge in [0.15, 0.2) is 0 Å². The summed E-state index contributed by atoms with van der Waals surface area (Å²) in [6.07, 6.45) is 14.6. The number of unbranched alkanes of at least 4 members (excludes halogenated alkanes) is 15. The zero-order valence-electron chi connectivity index (χ0n) is 32.4. The predicted octanol–water partition coefficient (Wildman–Crippen LogP) is -11.7.